The number of carboxylic acid groups (broad SMARTS) is 3. The number of methoxy groups -OCH3 is 1. The van der Waals surface area contributed by atoms with Crippen LogP contribution in [0.5, 0.6) is 5.75 Å². The van der Waals surface area contributed by atoms with Crippen molar-refractivity contribution in [3.63, 3.8) is 0 Å². The van der Waals surface area contributed by atoms with Gasteiger partial charge in [0.1, 0.15) is 5.75 Å². The van der Waals surface area contributed by atoms with Crippen LogP contribution < -0.4 is 20.7 Å². The molecule has 0 saturated carbocycles. The van der Waals surface area contributed by atoms with Gasteiger partial charge in [0.15, 0.2) is 0 Å². The van der Waals surface area contributed by atoms with E-state index in [1.54, 1.807) is 43.5 Å². The van der Waals surface area contributed by atoms with Crippen LogP contribution in [0.1, 0.15) is 181 Å². The minimum Gasteiger partial charge on any atom is -0.497 e. The van der Waals surface area contributed by atoms with Crippen molar-refractivity contribution in [2.75, 3.05) is 23.1 Å². The van der Waals surface area contributed by atoms with Crippen molar-refractivity contribution >= 4 is 52.7 Å². The normalized spacial score (nSPS) is 11.0. The first kappa shape index (κ1) is 69.9. The molecule has 0 aliphatic rings. The lowest BCUT2D eigenvalue weighted by molar-refractivity contribution is -0.120. The fourth-order valence-electron chi connectivity index (χ4n) is 10.7. The fraction of sp³-hybridized carbons (Fsp3) is 0.360. The number of hydrogen-bond donors (Lipinski definition) is 6. The molecule has 7 rings (SSSR count). The number of carbonyl (C=O) groups is 6. The van der Waals surface area contributed by atoms with Gasteiger partial charge in [-0.2, -0.15) is 0 Å². The summed E-state index contributed by atoms with van der Waals surface area (Å²) in [4.78, 5) is 71.1. The average molecular weight is 1190 g/mol. The summed E-state index contributed by atoms with van der Waals surface area (Å²) < 4.78 is 5.16. The molecule has 466 valence electrons. The van der Waals surface area contributed by atoms with Gasteiger partial charge in [0.05, 0.1) is 30.2 Å². The summed E-state index contributed by atoms with van der Waals surface area (Å²) in [5, 5.41) is 37.0. The van der Waals surface area contributed by atoms with Gasteiger partial charge in [-0.05, 0) is 184 Å². The zero-order valence-electron chi connectivity index (χ0n) is 52.2. The number of anilines is 3. The molecular formula is C75H91N3O10. The maximum Gasteiger partial charge on any atom is 0.335 e. The number of para-hydroxylation sites is 3. The number of carbonyl (C=O) groups excluding carboxylic acids is 3. The molecule has 1 unspecified atom stereocenters. The van der Waals surface area contributed by atoms with Crippen molar-refractivity contribution in [2.45, 2.75) is 156 Å². The monoisotopic (exact) mass is 1190 g/mol. The standard InChI is InChI=1S/C27H29NO4.2C24H31NO3/c1-32-23-17-15-20(16-18-23)19-26(29)28-25-14-8-6-12-22(25)11-4-2-3-9-21-10-5-7-13-24(21)27(30)31;1-3-11-18(2)23(26)25-22-17-10-8-15-20(22)14-6-4-5-12-19-13-7-9-16-21(19)24(27)28;1-3-18(4-2)23(26)25-22-17-11-9-15-20(22)14-7-5-6-12-19-13-8-10-16-21(19)24(27)28/h5-8,10,12-18H,2-4,9,11,19H2,1H3,(H,28,29)(H,30,31);7-10,13,15-18H,3-6,11-12,14H2,1-2H3,(H,25,26)(H,27,28);8-11,13,15-18H,3-7,12,14H2,1-2H3,(H,25,26)(H,27,28). The third-order valence-electron chi connectivity index (χ3n) is 15.8. The lowest BCUT2D eigenvalue weighted by Gasteiger charge is -2.15. The van der Waals surface area contributed by atoms with Gasteiger partial charge in [0.2, 0.25) is 17.7 Å². The van der Waals surface area contributed by atoms with Crippen LogP contribution in [0.2, 0.25) is 0 Å². The summed E-state index contributed by atoms with van der Waals surface area (Å²) in [6.45, 7) is 8.15. The van der Waals surface area contributed by atoms with E-state index in [1.807, 2.05) is 142 Å². The topological polar surface area (TPSA) is 208 Å². The minimum absolute atomic E-state index is 0.0207. The highest BCUT2D eigenvalue weighted by Gasteiger charge is 2.18. The number of aryl methyl sites for hydroxylation is 6. The van der Waals surface area contributed by atoms with Crippen molar-refractivity contribution in [3.8, 4) is 5.75 Å². The first-order valence-electron chi connectivity index (χ1n) is 31.4. The van der Waals surface area contributed by atoms with Gasteiger partial charge in [0.25, 0.3) is 0 Å². The molecule has 13 heteroatoms. The van der Waals surface area contributed by atoms with E-state index in [-0.39, 0.29) is 29.6 Å². The lowest BCUT2D eigenvalue weighted by atomic mass is 9.99. The van der Waals surface area contributed by atoms with E-state index in [9.17, 15) is 44.1 Å². The smallest absolute Gasteiger partial charge is 0.335 e. The second-order valence-electron chi connectivity index (χ2n) is 22.3. The maximum absolute atomic E-state index is 12.5. The van der Waals surface area contributed by atoms with E-state index in [1.165, 1.54) is 0 Å². The molecule has 3 amide bonds. The van der Waals surface area contributed by atoms with Gasteiger partial charge in [-0.1, -0.05) is 175 Å². The molecule has 7 aromatic carbocycles. The summed E-state index contributed by atoms with van der Waals surface area (Å²) >= 11 is 0. The number of rotatable bonds is 33. The van der Waals surface area contributed by atoms with Crippen molar-refractivity contribution in [1.82, 2.24) is 0 Å². The number of hydrogen-bond acceptors (Lipinski definition) is 7. The number of nitrogens with one attached hydrogen (secondary N) is 3. The van der Waals surface area contributed by atoms with Crippen LogP contribution >= 0.6 is 0 Å². The van der Waals surface area contributed by atoms with Crippen molar-refractivity contribution in [1.29, 1.82) is 0 Å². The molecule has 0 aliphatic carbocycles. The first-order valence-corrected chi connectivity index (χ1v) is 31.4. The summed E-state index contributed by atoms with van der Waals surface area (Å²) in [6.07, 6.45) is 17.7. The molecule has 7 aromatic rings. The Bertz CT molecular complexity index is 3300. The lowest BCUT2D eigenvalue weighted by Crippen LogP contribution is -2.22. The Morgan fingerprint density at radius 1 is 0.398 bits per heavy atom. The first-order chi connectivity index (χ1) is 42.6. The number of unbranched alkanes of at least 4 members (excludes halogenated alkanes) is 6. The highest BCUT2D eigenvalue weighted by Crippen LogP contribution is 2.25. The van der Waals surface area contributed by atoms with Crippen LogP contribution in [0.3, 0.4) is 0 Å². The highest BCUT2D eigenvalue weighted by molar-refractivity contribution is 5.95. The largest absolute Gasteiger partial charge is 0.497 e. The Morgan fingerprint density at radius 2 is 0.716 bits per heavy atom. The quantitative estimate of drug-likeness (QED) is 0.0215. The summed E-state index contributed by atoms with van der Waals surface area (Å²) in [7, 11) is 1.62. The van der Waals surface area contributed by atoms with Gasteiger partial charge >= 0.3 is 17.9 Å². The number of aromatic carboxylic acids is 3. The molecule has 1 atom stereocenters. The maximum atomic E-state index is 12.5. The molecule has 13 nitrogen and oxygen atoms in total. The van der Waals surface area contributed by atoms with Crippen molar-refractivity contribution in [2.24, 2.45) is 11.8 Å². The Morgan fingerprint density at radius 3 is 1.06 bits per heavy atom. The Kier molecular flexibility index (Phi) is 31.0. The third kappa shape index (κ3) is 24.1. The number of ether oxygens (including phenoxy) is 1. The van der Waals surface area contributed by atoms with Gasteiger partial charge < -0.3 is 36.0 Å². The summed E-state index contributed by atoms with van der Waals surface area (Å²) in [5.41, 5.74) is 10.9. The molecular weight excluding hydrogens is 1100 g/mol. The predicted octanol–water partition coefficient (Wildman–Crippen LogP) is 17.0. The SMILES string of the molecule is CCC(CC)C(=O)Nc1ccccc1CCCCCc1ccccc1C(=O)O.CCCC(C)C(=O)Nc1ccccc1CCCCCc1ccccc1C(=O)O.COc1ccc(CC(=O)Nc2ccccc2CCCCCc2ccccc2C(=O)O)cc1. The van der Waals surface area contributed by atoms with Crippen LogP contribution in [-0.2, 0) is 59.3 Å². The van der Waals surface area contributed by atoms with Gasteiger partial charge in [-0.15, -0.1) is 0 Å². The van der Waals surface area contributed by atoms with Gasteiger partial charge in [-0.25, -0.2) is 14.4 Å². The van der Waals surface area contributed by atoms with Crippen LogP contribution in [0, 0.1) is 11.8 Å². The van der Waals surface area contributed by atoms with E-state index in [0.29, 0.717) is 23.1 Å². The van der Waals surface area contributed by atoms with Crippen LogP contribution in [0.4, 0.5) is 17.1 Å². The predicted molar refractivity (Wildman–Crippen MR) is 354 cm³/mol. The van der Waals surface area contributed by atoms with E-state index >= 15 is 0 Å². The van der Waals surface area contributed by atoms with E-state index in [0.717, 1.165) is 184 Å². The summed E-state index contributed by atoms with van der Waals surface area (Å²) in [6, 6.07) is 53.0. The second kappa shape index (κ2) is 39.1. The minimum atomic E-state index is -0.875. The second-order valence-corrected chi connectivity index (χ2v) is 22.3. The molecule has 0 aromatic heterocycles. The molecule has 0 heterocycles. The van der Waals surface area contributed by atoms with Crippen molar-refractivity contribution < 1.29 is 48.8 Å². The highest BCUT2D eigenvalue weighted by atomic mass is 16.5. The van der Waals surface area contributed by atoms with Crippen LogP contribution in [0.15, 0.2) is 170 Å². The number of carboxylic acids is 3. The zero-order valence-corrected chi connectivity index (χ0v) is 52.2. The van der Waals surface area contributed by atoms with Crippen LogP contribution in [0.25, 0.3) is 0 Å². The zero-order chi connectivity index (χ0) is 63.5. The Balaban J connectivity index is 0.000000241. The summed E-state index contributed by atoms with van der Waals surface area (Å²) in [5.74, 6) is -1.62. The molecule has 0 spiro atoms. The van der Waals surface area contributed by atoms with E-state index in [4.69, 9.17) is 4.74 Å². The molecule has 0 radical (unpaired) electrons. The molecule has 0 fully saturated rings. The van der Waals surface area contributed by atoms with Crippen LogP contribution in [-0.4, -0.2) is 58.1 Å². The fourth-order valence-corrected chi connectivity index (χ4v) is 10.7. The molecule has 0 aliphatic heterocycles. The molecule has 0 bridgehead atoms. The average Bonchev–Trinajstić information content (AvgIpc) is 3.68. The Labute approximate surface area is 521 Å². The number of benzene rings is 7. The number of amides is 3. The molecule has 6 N–H and O–H groups in total. The van der Waals surface area contributed by atoms with E-state index < -0.39 is 17.9 Å². The van der Waals surface area contributed by atoms with Gasteiger partial charge in [-0.3, -0.25) is 14.4 Å². The molecule has 0 saturated heterocycles. The molecule has 88 heavy (non-hydrogen) atoms. The van der Waals surface area contributed by atoms with Gasteiger partial charge in [0, 0.05) is 28.9 Å². The third-order valence-corrected chi connectivity index (χ3v) is 15.8. The van der Waals surface area contributed by atoms with E-state index in [2.05, 4.69) is 35.0 Å². The Hall–Kier alpha value is -8.84. The van der Waals surface area contributed by atoms with Crippen molar-refractivity contribution in [3.05, 3.63) is 225 Å².